The third kappa shape index (κ3) is 5.39. The molecule has 0 bridgehead atoms. The number of hydrogen-bond donors (Lipinski definition) is 2. The maximum absolute atomic E-state index is 13.9. The van der Waals surface area contributed by atoms with Crippen molar-refractivity contribution in [1.29, 1.82) is 0 Å². The number of Topliss-reactive ketones (excluding diaryl/α,β-unsaturated/α-hetero) is 2. The summed E-state index contributed by atoms with van der Waals surface area (Å²) in [4.78, 5) is 27.4. The Morgan fingerprint density at radius 1 is 1.05 bits per heavy atom. The van der Waals surface area contributed by atoms with Gasteiger partial charge < -0.3 is 14.8 Å². The number of hydrogen-bond acceptors (Lipinski definition) is 5. The van der Waals surface area contributed by atoms with E-state index in [1.807, 2.05) is 12.1 Å². The lowest BCUT2D eigenvalue weighted by molar-refractivity contribution is 0.0598. The van der Waals surface area contributed by atoms with E-state index in [2.05, 4.69) is 13.8 Å². The molecule has 2 aromatic carbocycles. The van der Waals surface area contributed by atoms with Crippen LogP contribution in [0.2, 0.25) is 6.32 Å². The van der Waals surface area contributed by atoms with Gasteiger partial charge in [0.05, 0.1) is 6.10 Å². The monoisotopic (exact) mass is 530 g/mol. The second-order valence-electron chi connectivity index (χ2n) is 11.1. The number of allylic oxidation sites excluding steroid dienone is 2. The molecule has 1 fully saturated rings. The Morgan fingerprint density at radius 2 is 1.79 bits per heavy atom. The van der Waals surface area contributed by atoms with Crippen LogP contribution in [0.4, 0.5) is 4.39 Å². The zero-order chi connectivity index (χ0) is 27.7. The number of fused-ring (bicyclic) bond motifs is 4. The van der Waals surface area contributed by atoms with Gasteiger partial charge in [0.25, 0.3) is 0 Å². The summed E-state index contributed by atoms with van der Waals surface area (Å²) in [6.07, 6.45) is 7.30. The highest BCUT2D eigenvalue weighted by molar-refractivity contribution is 6.43. The molecule has 2 N–H and O–H groups in total. The molecule has 0 spiro atoms. The van der Waals surface area contributed by atoms with Gasteiger partial charge in [-0.25, -0.2) is 4.39 Å². The van der Waals surface area contributed by atoms with E-state index in [0.717, 1.165) is 36.8 Å². The molecule has 204 valence electrons. The third-order valence-corrected chi connectivity index (χ3v) is 8.56. The maximum atomic E-state index is 13.9. The zero-order valence-corrected chi connectivity index (χ0v) is 22.7. The van der Waals surface area contributed by atoms with Gasteiger partial charge in [-0.1, -0.05) is 74.2 Å². The molecule has 1 aliphatic heterocycles. The van der Waals surface area contributed by atoms with Gasteiger partial charge >= 0.3 is 7.12 Å². The van der Waals surface area contributed by atoms with E-state index < -0.39 is 24.8 Å². The number of ketones is 2. The van der Waals surface area contributed by atoms with E-state index in [4.69, 9.17) is 4.65 Å². The molecular weight excluding hydrogens is 494 g/mol. The average molecular weight is 530 g/mol. The Balaban J connectivity index is 1.46. The number of aromatic hydroxyl groups is 1. The number of phenolic OH excluding ortho intramolecular Hbond substituents is 1. The summed E-state index contributed by atoms with van der Waals surface area (Å²) in [5, 5.41) is 20.4. The minimum atomic E-state index is -1.00. The van der Waals surface area contributed by atoms with Crippen LogP contribution in [0.15, 0.2) is 59.2 Å². The minimum absolute atomic E-state index is 0.00187. The molecule has 5 rings (SSSR count). The summed E-state index contributed by atoms with van der Waals surface area (Å²) in [5.74, 6) is -2.08. The quantitative estimate of drug-likeness (QED) is 0.290. The molecule has 3 aliphatic rings. The predicted molar refractivity (Wildman–Crippen MR) is 150 cm³/mol. The number of rotatable bonds is 8. The molecule has 2 aromatic rings. The average Bonchev–Trinajstić information content (AvgIpc) is 2.92. The summed E-state index contributed by atoms with van der Waals surface area (Å²) in [6, 6.07) is 11.5. The molecule has 7 heteroatoms. The van der Waals surface area contributed by atoms with E-state index in [1.54, 1.807) is 24.3 Å². The lowest BCUT2D eigenvalue weighted by Crippen LogP contribution is -2.50. The van der Waals surface area contributed by atoms with Gasteiger partial charge in [-0.2, -0.15) is 0 Å². The zero-order valence-electron chi connectivity index (χ0n) is 22.7. The van der Waals surface area contributed by atoms with Crippen LogP contribution in [0.3, 0.4) is 0 Å². The van der Waals surface area contributed by atoms with Crippen molar-refractivity contribution < 1.29 is 28.8 Å². The van der Waals surface area contributed by atoms with Crippen LogP contribution < -0.4 is 0 Å². The van der Waals surface area contributed by atoms with Crippen molar-refractivity contribution in [3.8, 4) is 5.75 Å². The first kappa shape index (κ1) is 27.5. The first-order chi connectivity index (χ1) is 18.8. The number of halogens is 1. The van der Waals surface area contributed by atoms with Crippen LogP contribution in [0.25, 0.3) is 6.08 Å². The highest BCUT2D eigenvalue weighted by Gasteiger charge is 2.53. The highest BCUT2D eigenvalue weighted by Crippen LogP contribution is 2.51. The van der Waals surface area contributed by atoms with Crippen molar-refractivity contribution >= 4 is 24.8 Å². The Kier molecular flexibility index (Phi) is 8.20. The van der Waals surface area contributed by atoms with Crippen molar-refractivity contribution in [3.63, 3.8) is 0 Å². The van der Waals surface area contributed by atoms with Crippen LogP contribution in [-0.2, 0) is 4.65 Å². The number of phenols is 1. The van der Waals surface area contributed by atoms with E-state index >= 15 is 0 Å². The van der Waals surface area contributed by atoms with Crippen LogP contribution in [0, 0.1) is 23.6 Å². The van der Waals surface area contributed by atoms with Gasteiger partial charge in [0.1, 0.15) is 0 Å². The first-order valence-electron chi connectivity index (χ1n) is 14.2. The standard InChI is InChI=1S/C32H36BFO5/c1-3-7-19(15-20-11-13-27(35)26(34)16-20)12-14-28-29-21(8-4-2)17-24-30(25(29)18-33(38)39-28)32(37)23-10-6-5-9-22(23)31(24)36/h5-6,9-11,13,15-16,24-25,28,30,35,38H,3-4,7-8,12,14,17-18H2,1-2H3/b19-15+/t24-,25+,28-,30-/m1/s1. The largest absolute Gasteiger partial charge is 0.505 e. The Morgan fingerprint density at radius 3 is 2.49 bits per heavy atom. The SMILES string of the molecule is CCCC1=C2[C@@H](CC/C(=C/c3ccc(O)c(F)c3)CCC)OB(O)C[C@@H]2[C@@H]2C(=O)c3ccccc3C(=O)[C@@H]2C1. The molecule has 0 aromatic heterocycles. The Hall–Kier alpha value is -3.03. The van der Waals surface area contributed by atoms with Crippen molar-refractivity contribution in [3.05, 3.63) is 81.7 Å². The van der Waals surface area contributed by atoms with E-state index in [0.29, 0.717) is 42.3 Å². The van der Waals surface area contributed by atoms with E-state index in [1.165, 1.54) is 17.7 Å². The second kappa shape index (κ2) is 11.6. The molecule has 0 radical (unpaired) electrons. The molecular formula is C32H36BFO5. The van der Waals surface area contributed by atoms with Crippen molar-refractivity contribution in [2.75, 3.05) is 0 Å². The van der Waals surface area contributed by atoms with Crippen LogP contribution in [-0.4, -0.2) is 34.9 Å². The third-order valence-electron chi connectivity index (χ3n) is 8.56. The van der Waals surface area contributed by atoms with Crippen molar-refractivity contribution in [2.45, 2.75) is 71.2 Å². The Labute approximate surface area is 229 Å². The fourth-order valence-electron chi connectivity index (χ4n) is 6.96. The molecule has 0 unspecified atom stereocenters. The van der Waals surface area contributed by atoms with Crippen molar-refractivity contribution in [1.82, 2.24) is 0 Å². The number of benzene rings is 2. The summed E-state index contributed by atoms with van der Waals surface area (Å²) in [6.45, 7) is 4.21. The Bertz CT molecular complexity index is 1330. The smallest absolute Gasteiger partial charge is 0.455 e. The van der Waals surface area contributed by atoms with Gasteiger partial charge in [0.2, 0.25) is 0 Å². The van der Waals surface area contributed by atoms with Crippen LogP contribution >= 0.6 is 0 Å². The van der Waals surface area contributed by atoms with E-state index in [-0.39, 0.29) is 29.3 Å². The second-order valence-corrected chi connectivity index (χ2v) is 11.1. The lowest BCUT2D eigenvalue weighted by Gasteiger charge is -2.47. The van der Waals surface area contributed by atoms with Crippen LogP contribution in [0.1, 0.15) is 85.1 Å². The van der Waals surface area contributed by atoms with Gasteiger partial charge in [-0.05, 0) is 67.6 Å². The van der Waals surface area contributed by atoms with Crippen LogP contribution in [0.5, 0.6) is 5.75 Å². The number of carbonyl (C=O) groups excluding carboxylic acids is 2. The van der Waals surface area contributed by atoms with Crippen molar-refractivity contribution in [2.24, 2.45) is 17.8 Å². The van der Waals surface area contributed by atoms with Gasteiger partial charge in [0.15, 0.2) is 23.1 Å². The molecule has 0 saturated carbocycles. The molecule has 2 aliphatic carbocycles. The summed E-state index contributed by atoms with van der Waals surface area (Å²) < 4.78 is 20.1. The topological polar surface area (TPSA) is 83.8 Å². The fraction of sp³-hybridized carbons (Fsp3) is 0.438. The van der Waals surface area contributed by atoms with Gasteiger partial charge in [-0.3, -0.25) is 9.59 Å². The molecule has 1 saturated heterocycles. The summed E-state index contributed by atoms with van der Waals surface area (Å²) in [7, 11) is -1.00. The van der Waals surface area contributed by atoms with E-state index in [9.17, 15) is 24.1 Å². The lowest BCUT2D eigenvalue weighted by atomic mass is 9.54. The van der Waals surface area contributed by atoms with Gasteiger partial charge in [0, 0.05) is 23.0 Å². The highest BCUT2D eigenvalue weighted by atomic mass is 19.1. The summed E-state index contributed by atoms with van der Waals surface area (Å²) >= 11 is 0. The molecule has 5 nitrogen and oxygen atoms in total. The predicted octanol–water partition coefficient (Wildman–Crippen LogP) is 6.80. The normalized spacial score (nSPS) is 24.9. The summed E-state index contributed by atoms with van der Waals surface area (Å²) in [5.41, 5.74) is 5.14. The van der Waals surface area contributed by atoms with Gasteiger partial charge in [-0.15, -0.1) is 0 Å². The molecule has 1 heterocycles. The number of carbonyl (C=O) groups is 2. The molecule has 39 heavy (non-hydrogen) atoms. The maximum Gasteiger partial charge on any atom is 0.455 e. The fourth-order valence-corrected chi connectivity index (χ4v) is 6.96. The minimum Gasteiger partial charge on any atom is -0.505 e. The first-order valence-corrected chi connectivity index (χ1v) is 14.2. The molecule has 0 amide bonds. The molecule has 4 atom stereocenters.